The Labute approximate surface area is 105 Å². The molecule has 1 N–H and O–H groups in total. The summed E-state index contributed by atoms with van der Waals surface area (Å²) in [7, 11) is 3.50. The van der Waals surface area contributed by atoms with Crippen molar-refractivity contribution in [2.45, 2.75) is 6.54 Å². The fourth-order valence-corrected chi connectivity index (χ4v) is 1.58. The van der Waals surface area contributed by atoms with E-state index in [1.807, 2.05) is 17.8 Å². The third-order valence-corrected chi connectivity index (χ3v) is 2.64. The van der Waals surface area contributed by atoms with Gasteiger partial charge in [-0.25, -0.2) is 9.97 Å². The lowest BCUT2D eigenvalue weighted by Gasteiger charge is -2.16. The summed E-state index contributed by atoms with van der Waals surface area (Å²) in [6.07, 6.45) is 4.96. The molecule has 0 spiro atoms. The van der Waals surface area contributed by atoms with E-state index in [-0.39, 0.29) is 17.4 Å². The topological polar surface area (TPSA) is 71.2 Å². The van der Waals surface area contributed by atoms with E-state index in [1.54, 1.807) is 19.3 Å². The maximum atomic E-state index is 12.1. The van der Waals surface area contributed by atoms with Crippen molar-refractivity contribution in [2.24, 2.45) is 7.05 Å². The van der Waals surface area contributed by atoms with E-state index < -0.39 is 0 Å². The Kier molecular flexibility index (Phi) is 3.27. The number of hydrogen-bond donors (Lipinski definition) is 1. The number of aromatic nitrogens is 3. The van der Waals surface area contributed by atoms with Gasteiger partial charge in [0.2, 0.25) is 0 Å². The van der Waals surface area contributed by atoms with Gasteiger partial charge >= 0.3 is 0 Å². The molecule has 0 aliphatic rings. The fraction of sp³-hybridized carbons (Fsp3) is 0.250. The third kappa shape index (κ3) is 2.32. The second-order valence-corrected chi connectivity index (χ2v) is 3.99. The van der Waals surface area contributed by atoms with Crippen molar-refractivity contribution in [1.29, 1.82) is 0 Å². The Hall–Kier alpha value is -2.37. The lowest BCUT2D eigenvalue weighted by molar-refractivity contribution is 0.0771. The average Bonchev–Trinajstić information content (AvgIpc) is 2.75. The van der Waals surface area contributed by atoms with Crippen molar-refractivity contribution in [3.8, 4) is 5.75 Å². The summed E-state index contributed by atoms with van der Waals surface area (Å²) < 4.78 is 1.84. The largest absolute Gasteiger partial charge is 0.505 e. The Bertz CT molecular complexity index is 565. The highest BCUT2D eigenvalue weighted by Gasteiger charge is 2.18. The standard InChI is InChI=1S/C12H14N4O2/c1-15-7-6-13-10(15)8-16(2)12(18)11-9(17)4-3-5-14-11/h3-7,17H,8H2,1-2H3. The zero-order valence-electron chi connectivity index (χ0n) is 10.2. The Balaban J connectivity index is 2.15. The van der Waals surface area contributed by atoms with E-state index in [4.69, 9.17) is 0 Å². The molecule has 0 bridgehead atoms. The number of imidazole rings is 1. The molecule has 0 fully saturated rings. The van der Waals surface area contributed by atoms with Gasteiger partial charge in [-0.3, -0.25) is 4.79 Å². The molecule has 2 rings (SSSR count). The first-order valence-corrected chi connectivity index (χ1v) is 5.45. The first-order chi connectivity index (χ1) is 8.59. The highest BCUT2D eigenvalue weighted by Crippen LogP contribution is 2.15. The normalized spacial score (nSPS) is 10.3. The number of amides is 1. The predicted molar refractivity (Wildman–Crippen MR) is 64.9 cm³/mol. The maximum absolute atomic E-state index is 12.1. The number of nitrogens with zero attached hydrogens (tertiary/aromatic N) is 4. The zero-order chi connectivity index (χ0) is 13.1. The fourth-order valence-electron chi connectivity index (χ4n) is 1.58. The van der Waals surface area contributed by atoms with Crippen LogP contribution in [-0.4, -0.2) is 37.5 Å². The van der Waals surface area contributed by atoms with Crippen molar-refractivity contribution < 1.29 is 9.90 Å². The summed E-state index contributed by atoms with van der Waals surface area (Å²) in [5, 5.41) is 9.58. The Morgan fingerprint density at radius 3 is 2.83 bits per heavy atom. The van der Waals surface area contributed by atoms with E-state index >= 15 is 0 Å². The first-order valence-electron chi connectivity index (χ1n) is 5.45. The molecule has 0 saturated carbocycles. The van der Waals surface area contributed by atoms with Crippen molar-refractivity contribution in [1.82, 2.24) is 19.4 Å². The van der Waals surface area contributed by atoms with Gasteiger partial charge in [-0.2, -0.15) is 0 Å². The SMILES string of the molecule is CN(Cc1nccn1C)C(=O)c1ncccc1O. The Morgan fingerprint density at radius 2 is 2.22 bits per heavy atom. The van der Waals surface area contributed by atoms with Crippen LogP contribution in [0.25, 0.3) is 0 Å². The van der Waals surface area contributed by atoms with Gasteiger partial charge in [0.15, 0.2) is 5.69 Å². The van der Waals surface area contributed by atoms with Crippen LogP contribution >= 0.6 is 0 Å². The Morgan fingerprint density at radius 1 is 1.44 bits per heavy atom. The summed E-state index contributed by atoms with van der Waals surface area (Å²) in [6, 6.07) is 3.01. The molecule has 2 aromatic heterocycles. The molecule has 18 heavy (non-hydrogen) atoms. The minimum Gasteiger partial charge on any atom is -0.505 e. The molecular formula is C12H14N4O2. The van der Waals surface area contributed by atoms with Gasteiger partial charge < -0.3 is 14.6 Å². The number of aryl methyl sites for hydroxylation is 1. The van der Waals surface area contributed by atoms with Crippen LogP contribution in [0.15, 0.2) is 30.7 Å². The molecule has 6 nitrogen and oxygen atoms in total. The van der Waals surface area contributed by atoms with Crippen LogP contribution in [0.4, 0.5) is 0 Å². The molecule has 0 radical (unpaired) electrons. The molecule has 1 amide bonds. The van der Waals surface area contributed by atoms with Gasteiger partial charge in [0.1, 0.15) is 11.6 Å². The zero-order valence-corrected chi connectivity index (χ0v) is 10.2. The van der Waals surface area contributed by atoms with Crippen molar-refractivity contribution in [3.05, 3.63) is 42.2 Å². The number of carbonyl (C=O) groups is 1. The van der Waals surface area contributed by atoms with Gasteiger partial charge in [0.25, 0.3) is 5.91 Å². The van der Waals surface area contributed by atoms with Crippen LogP contribution in [0.2, 0.25) is 0 Å². The second kappa shape index (κ2) is 4.87. The number of aromatic hydroxyl groups is 1. The third-order valence-electron chi connectivity index (χ3n) is 2.64. The molecule has 0 saturated heterocycles. The smallest absolute Gasteiger partial charge is 0.276 e. The molecule has 0 aromatic carbocycles. The first kappa shape index (κ1) is 12.1. The monoisotopic (exact) mass is 246 g/mol. The minimum atomic E-state index is -0.337. The summed E-state index contributed by atoms with van der Waals surface area (Å²) in [5.41, 5.74) is 0.0502. The molecule has 0 unspecified atom stereocenters. The van der Waals surface area contributed by atoms with Crippen LogP contribution in [0.1, 0.15) is 16.3 Å². The van der Waals surface area contributed by atoms with Gasteiger partial charge in [-0.15, -0.1) is 0 Å². The maximum Gasteiger partial charge on any atom is 0.276 e. The summed E-state index contributed by atoms with van der Waals surface area (Å²) >= 11 is 0. The number of hydrogen-bond acceptors (Lipinski definition) is 4. The quantitative estimate of drug-likeness (QED) is 0.869. The van der Waals surface area contributed by atoms with E-state index in [0.717, 1.165) is 5.82 Å². The van der Waals surface area contributed by atoms with Crippen LogP contribution in [-0.2, 0) is 13.6 Å². The molecule has 2 aromatic rings. The van der Waals surface area contributed by atoms with Gasteiger partial charge in [0, 0.05) is 32.7 Å². The van der Waals surface area contributed by atoms with Crippen molar-refractivity contribution in [2.75, 3.05) is 7.05 Å². The molecule has 0 aliphatic heterocycles. The average molecular weight is 246 g/mol. The number of rotatable bonds is 3. The van der Waals surface area contributed by atoms with Crippen LogP contribution in [0.3, 0.4) is 0 Å². The van der Waals surface area contributed by atoms with Crippen LogP contribution in [0, 0.1) is 0 Å². The van der Waals surface area contributed by atoms with Crippen molar-refractivity contribution >= 4 is 5.91 Å². The van der Waals surface area contributed by atoms with Gasteiger partial charge in [-0.05, 0) is 12.1 Å². The molecular weight excluding hydrogens is 232 g/mol. The predicted octanol–water partition coefficient (Wildman–Crippen LogP) is 0.793. The lowest BCUT2D eigenvalue weighted by Crippen LogP contribution is -2.28. The highest BCUT2D eigenvalue weighted by atomic mass is 16.3. The van der Waals surface area contributed by atoms with E-state index in [1.165, 1.54) is 17.2 Å². The van der Waals surface area contributed by atoms with Crippen LogP contribution < -0.4 is 0 Å². The minimum absolute atomic E-state index is 0.0502. The van der Waals surface area contributed by atoms with Gasteiger partial charge in [-0.1, -0.05) is 0 Å². The lowest BCUT2D eigenvalue weighted by atomic mass is 10.3. The number of carbonyl (C=O) groups excluding carboxylic acids is 1. The molecule has 0 aliphatic carbocycles. The number of pyridine rings is 1. The summed E-state index contributed by atoms with van der Waals surface area (Å²) in [6.45, 7) is 0.359. The van der Waals surface area contributed by atoms with E-state index in [9.17, 15) is 9.90 Å². The summed E-state index contributed by atoms with van der Waals surface area (Å²) in [5.74, 6) is 0.312. The van der Waals surface area contributed by atoms with Crippen molar-refractivity contribution in [3.63, 3.8) is 0 Å². The van der Waals surface area contributed by atoms with E-state index in [0.29, 0.717) is 6.54 Å². The summed E-state index contributed by atoms with van der Waals surface area (Å²) in [4.78, 5) is 21.6. The second-order valence-electron chi connectivity index (χ2n) is 3.99. The van der Waals surface area contributed by atoms with Gasteiger partial charge in [0.05, 0.1) is 6.54 Å². The molecule has 0 atom stereocenters. The molecule has 94 valence electrons. The highest BCUT2D eigenvalue weighted by molar-refractivity contribution is 5.94. The van der Waals surface area contributed by atoms with Crippen LogP contribution in [0.5, 0.6) is 5.75 Å². The van der Waals surface area contributed by atoms with E-state index in [2.05, 4.69) is 9.97 Å². The molecule has 6 heteroatoms. The molecule has 2 heterocycles.